The maximum absolute atomic E-state index is 12.0. The summed E-state index contributed by atoms with van der Waals surface area (Å²) in [6.07, 6.45) is 0.699. The quantitative estimate of drug-likeness (QED) is 0.925. The predicted molar refractivity (Wildman–Crippen MR) is 86.0 cm³/mol. The summed E-state index contributed by atoms with van der Waals surface area (Å²) in [5, 5.41) is 3.59. The number of likely N-dealkylation sites (tertiary alicyclic amines) is 1. The zero-order valence-corrected chi connectivity index (χ0v) is 13.0. The van der Waals surface area contributed by atoms with E-state index in [0.717, 1.165) is 17.3 Å². The summed E-state index contributed by atoms with van der Waals surface area (Å²) in [5.41, 5.74) is 0.890. The molecule has 3 rings (SSSR count). The van der Waals surface area contributed by atoms with Crippen molar-refractivity contribution in [3.63, 3.8) is 0 Å². The second-order valence-electron chi connectivity index (χ2n) is 5.62. The Balaban J connectivity index is 1.58. The van der Waals surface area contributed by atoms with E-state index in [-0.39, 0.29) is 24.5 Å². The number of carbonyl (C=O) groups excluding carboxylic acids is 2. The molecule has 0 saturated carbocycles. The fraction of sp³-hybridized carbons (Fsp3) is 0.353. The van der Waals surface area contributed by atoms with Crippen molar-refractivity contribution in [2.45, 2.75) is 19.4 Å². The number of rotatable bonds is 4. The molecule has 1 aliphatic heterocycles. The Morgan fingerprint density at radius 1 is 1.30 bits per heavy atom. The second kappa shape index (κ2) is 6.64. The summed E-state index contributed by atoms with van der Waals surface area (Å²) in [7, 11) is 0. The molecule has 1 aromatic carbocycles. The van der Waals surface area contributed by atoms with E-state index in [1.807, 2.05) is 36.4 Å². The number of ether oxygens (including phenoxy) is 1. The number of para-hydroxylation sites is 1. The van der Waals surface area contributed by atoms with Crippen LogP contribution in [0, 0.1) is 0 Å². The third kappa shape index (κ3) is 3.77. The molecule has 1 aromatic heterocycles. The topological polar surface area (TPSA) is 71.5 Å². The van der Waals surface area contributed by atoms with Gasteiger partial charge in [0.2, 0.25) is 17.7 Å². The number of carbonyl (C=O) groups is 2. The van der Waals surface area contributed by atoms with Crippen molar-refractivity contribution < 1.29 is 14.3 Å². The molecule has 0 aliphatic carbocycles. The lowest BCUT2D eigenvalue weighted by Crippen LogP contribution is -2.39. The molecule has 1 atom stereocenters. The van der Waals surface area contributed by atoms with E-state index in [1.165, 1.54) is 6.92 Å². The Kier molecular flexibility index (Phi) is 4.41. The van der Waals surface area contributed by atoms with E-state index in [1.54, 1.807) is 4.90 Å². The Morgan fingerprint density at radius 2 is 2.13 bits per heavy atom. The number of pyridine rings is 1. The van der Waals surface area contributed by atoms with Gasteiger partial charge in [-0.05, 0) is 12.1 Å². The van der Waals surface area contributed by atoms with Crippen LogP contribution in [0.25, 0.3) is 10.9 Å². The van der Waals surface area contributed by atoms with Gasteiger partial charge in [-0.25, -0.2) is 4.98 Å². The summed E-state index contributed by atoms with van der Waals surface area (Å²) in [6.45, 7) is 2.59. The number of fused-ring (bicyclic) bond motifs is 1. The normalized spacial score (nSPS) is 17.3. The van der Waals surface area contributed by atoms with Crippen molar-refractivity contribution in [1.29, 1.82) is 0 Å². The monoisotopic (exact) mass is 313 g/mol. The first-order valence-corrected chi connectivity index (χ1v) is 7.66. The average molecular weight is 313 g/mol. The lowest BCUT2D eigenvalue weighted by Gasteiger charge is -2.17. The summed E-state index contributed by atoms with van der Waals surface area (Å²) < 4.78 is 5.90. The highest BCUT2D eigenvalue weighted by molar-refractivity contribution is 5.83. The number of nitrogens with one attached hydrogen (secondary N) is 1. The average Bonchev–Trinajstić information content (AvgIpc) is 3.01. The van der Waals surface area contributed by atoms with Gasteiger partial charge in [-0.3, -0.25) is 9.59 Å². The minimum atomic E-state index is -0.203. The SMILES string of the molecule is CC(=O)NCC(=O)N1CCC(Oc2ccc3ccccc3n2)C1. The van der Waals surface area contributed by atoms with E-state index in [0.29, 0.717) is 19.0 Å². The van der Waals surface area contributed by atoms with Gasteiger partial charge in [-0.1, -0.05) is 18.2 Å². The third-order valence-corrected chi connectivity index (χ3v) is 3.85. The zero-order chi connectivity index (χ0) is 16.2. The van der Waals surface area contributed by atoms with Gasteiger partial charge < -0.3 is 15.0 Å². The molecular formula is C17H19N3O3. The minimum Gasteiger partial charge on any atom is -0.472 e. The van der Waals surface area contributed by atoms with Crippen LogP contribution in [0.3, 0.4) is 0 Å². The number of aromatic nitrogens is 1. The van der Waals surface area contributed by atoms with Crippen LogP contribution >= 0.6 is 0 Å². The predicted octanol–water partition coefficient (Wildman–Crippen LogP) is 1.35. The first-order chi connectivity index (χ1) is 11.1. The van der Waals surface area contributed by atoms with Crippen LogP contribution in [0.1, 0.15) is 13.3 Å². The molecule has 2 amide bonds. The van der Waals surface area contributed by atoms with Gasteiger partial charge >= 0.3 is 0 Å². The molecule has 2 aromatic rings. The Bertz CT molecular complexity index is 732. The van der Waals surface area contributed by atoms with Crippen molar-refractivity contribution in [3.8, 4) is 5.88 Å². The summed E-state index contributed by atoms with van der Waals surface area (Å²) in [4.78, 5) is 29.0. The Morgan fingerprint density at radius 3 is 2.96 bits per heavy atom. The number of benzene rings is 1. The van der Waals surface area contributed by atoms with E-state index < -0.39 is 0 Å². The molecule has 0 radical (unpaired) electrons. The highest BCUT2D eigenvalue weighted by atomic mass is 16.5. The fourth-order valence-electron chi connectivity index (χ4n) is 2.65. The van der Waals surface area contributed by atoms with Gasteiger partial charge in [-0.15, -0.1) is 0 Å². The van der Waals surface area contributed by atoms with Crippen molar-refractivity contribution in [1.82, 2.24) is 15.2 Å². The molecule has 0 bridgehead atoms. The van der Waals surface area contributed by atoms with Crippen molar-refractivity contribution in [2.24, 2.45) is 0 Å². The first kappa shape index (κ1) is 15.3. The van der Waals surface area contributed by atoms with Crippen molar-refractivity contribution >= 4 is 22.7 Å². The van der Waals surface area contributed by atoms with Gasteiger partial charge in [0, 0.05) is 31.3 Å². The minimum absolute atomic E-state index is 0.0380. The molecule has 1 N–H and O–H groups in total. The molecular weight excluding hydrogens is 294 g/mol. The number of hydrogen-bond acceptors (Lipinski definition) is 4. The van der Waals surface area contributed by atoms with Crippen LogP contribution in [0.2, 0.25) is 0 Å². The van der Waals surface area contributed by atoms with Gasteiger partial charge in [-0.2, -0.15) is 0 Å². The summed E-state index contributed by atoms with van der Waals surface area (Å²) >= 11 is 0. The van der Waals surface area contributed by atoms with E-state index in [4.69, 9.17) is 4.74 Å². The van der Waals surface area contributed by atoms with E-state index >= 15 is 0 Å². The molecule has 6 nitrogen and oxygen atoms in total. The molecule has 1 unspecified atom stereocenters. The van der Waals surface area contributed by atoms with Crippen LogP contribution in [0.5, 0.6) is 5.88 Å². The lowest BCUT2D eigenvalue weighted by molar-refractivity contribution is -0.131. The largest absolute Gasteiger partial charge is 0.472 e. The standard InChI is InChI=1S/C17H19N3O3/c1-12(21)18-10-17(22)20-9-8-14(11-20)23-16-7-6-13-4-2-3-5-15(13)19-16/h2-7,14H,8-11H2,1H3,(H,18,21). The molecule has 1 fully saturated rings. The molecule has 120 valence electrons. The highest BCUT2D eigenvalue weighted by Gasteiger charge is 2.27. The van der Waals surface area contributed by atoms with Gasteiger partial charge in [0.05, 0.1) is 18.6 Å². The maximum Gasteiger partial charge on any atom is 0.242 e. The maximum atomic E-state index is 12.0. The Labute approximate surface area is 134 Å². The van der Waals surface area contributed by atoms with Crippen LogP contribution in [-0.2, 0) is 9.59 Å². The zero-order valence-electron chi connectivity index (χ0n) is 13.0. The first-order valence-electron chi connectivity index (χ1n) is 7.66. The third-order valence-electron chi connectivity index (χ3n) is 3.85. The van der Waals surface area contributed by atoms with Crippen LogP contribution in [-0.4, -0.2) is 47.4 Å². The number of amides is 2. The summed E-state index contributed by atoms with van der Waals surface area (Å²) in [6, 6.07) is 11.7. The van der Waals surface area contributed by atoms with Crippen LogP contribution < -0.4 is 10.1 Å². The van der Waals surface area contributed by atoms with Crippen molar-refractivity contribution in [2.75, 3.05) is 19.6 Å². The highest BCUT2D eigenvalue weighted by Crippen LogP contribution is 2.20. The smallest absolute Gasteiger partial charge is 0.242 e. The van der Waals surface area contributed by atoms with E-state index in [9.17, 15) is 9.59 Å². The second-order valence-corrected chi connectivity index (χ2v) is 5.62. The van der Waals surface area contributed by atoms with Crippen LogP contribution in [0.4, 0.5) is 0 Å². The molecule has 0 spiro atoms. The summed E-state index contributed by atoms with van der Waals surface area (Å²) in [5.74, 6) is 0.286. The molecule has 2 heterocycles. The van der Waals surface area contributed by atoms with Gasteiger partial charge in [0.1, 0.15) is 6.10 Å². The molecule has 1 aliphatic rings. The van der Waals surface area contributed by atoms with Crippen LogP contribution in [0.15, 0.2) is 36.4 Å². The fourth-order valence-corrected chi connectivity index (χ4v) is 2.65. The number of hydrogen-bond donors (Lipinski definition) is 1. The Hall–Kier alpha value is -2.63. The van der Waals surface area contributed by atoms with Gasteiger partial charge in [0.15, 0.2) is 0 Å². The molecule has 1 saturated heterocycles. The number of nitrogens with zero attached hydrogens (tertiary/aromatic N) is 2. The molecule has 23 heavy (non-hydrogen) atoms. The van der Waals surface area contributed by atoms with E-state index in [2.05, 4.69) is 10.3 Å². The lowest BCUT2D eigenvalue weighted by atomic mass is 10.2. The molecule has 6 heteroatoms. The van der Waals surface area contributed by atoms with Gasteiger partial charge in [0.25, 0.3) is 0 Å². The van der Waals surface area contributed by atoms with Crippen molar-refractivity contribution in [3.05, 3.63) is 36.4 Å².